The van der Waals surface area contributed by atoms with Crippen LogP contribution in [0, 0.1) is 5.92 Å². The van der Waals surface area contributed by atoms with Gasteiger partial charge in [0.2, 0.25) is 0 Å². The van der Waals surface area contributed by atoms with Gasteiger partial charge in [-0.05, 0) is 24.3 Å². The molecule has 0 fully saturated rings. The van der Waals surface area contributed by atoms with Gasteiger partial charge in [-0.1, -0.05) is 44.2 Å². The molecule has 0 aliphatic rings. The fourth-order valence-corrected chi connectivity index (χ4v) is 2.35. The molecule has 1 aromatic rings. The van der Waals surface area contributed by atoms with Gasteiger partial charge in [0.15, 0.2) is 0 Å². The summed E-state index contributed by atoms with van der Waals surface area (Å²) in [6, 6.07) is 10.6. The molecule has 0 spiro atoms. The molecule has 0 saturated heterocycles. The minimum atomic E-state index is -0.714. The van der Waals surface area contributed by atoms with Gasteiger partial charge >= 0.3 is 0 Å². The first-order valence-electron chi connectivity index (χ1n) is 7.43. The predicted molar refractivity (Wildman–Crippen MR) is 84.0 cm³/mol. The highest BCUT2D eigenvalue weighted by Gasteiger charge is 2.21. The molecule has 0 saturated carbocycles. The Morgan fingerprint density at radius 3 is 2.45 bits per heavy atom. The summed E-state index contributed by atoms with van der Waals surface area (Å²) in [6.07, 6.45) is 0.647. The van der Waals surface area contributed by atoms with Crippen molar-refractivity contribution in [3.63, 3.8) is 0 Å². The lowest BCUT2D eigenvalue weighted by atomic mass is 9.88. The van der Waals surface area contributed by atoms with Crippen LogP contribution in [0.2, 0.25) is 0 Å². The van der Waals surface area contributed by atoms with Crippen LogP contribution in [0.25, 0.3) is 0 Å². The first-order chi connectivity index (χ1) is 9.46. The zero-order valence-electron chi connectivity index (χ0n) is 13.2. The van der Waals surface area contributed by atoms with E-state index in [1.165, 1.54) is 5.56 Å². The van der Waals surface area contributed by atoms with Crippen LogP contribution in [0.1, 0.15) is 38.7 Å². The molecule has 3 heteroatoms. The molecule has 0 aromatic heterocycles. The quantitative estimate of drug-likeness (QED) is 0.730. The first-order valence-corrected chi connectivity index (χ1v) is 7.43. The monoisotopic (exact) mass is 279 g/mol. The fraction of sp³-hybridized carbons (Fsp3) is 0.647. The lowest BCUT2D eigenvalue weighted by molar-refractivity contribution is 0.0246. The van der Waals surface area contributed by atoms with Crippen molar-refractivity contribution >= 4 is 0 Å². The highest BCUT2D eigenvalue weighted by atomic mass is 16.5. The molecule has 0 amide bonds. The number of rotatable bonds is 9. The van der Waals surface area contributed by atoms with Crippen LogP contribution in [0.5, 0.6) is 0 Å². The molecule has 2 unspecified atom stereocenters. The zero-order chi connectivity index (χ0) is 15.0. The summed E-state index contributed by atoms with van der Waals surface area (Å²) in [5.41, 5.74) is 0.639. The van der Waals surface area contributed by atoms with Gasteiger partial charge in [-0.15, -0.1) is 0 Å². The third-order valence-corrected chi connectivity index (χ3v) is 3.75. The second kappa shape index (κ2) is 8.40. The Kier molecular flexibility index (Phi) is 7.20. The molecule has 0 bridgehead atoms. The van der Waals surface area contributed by atoms with Crippen LogP contribution in [0.15, 0.2) is 30.3 Å². The van der Waals surface area contributed by atoms with Crippen LogP contribution in [-0.4, -0.2) is 37.5 Å². The van der Waals surface area contributed by atoms with Gasteiger partial charge in [0.05, 0.1) is 5.60 Å². The number of nitrogens with one attached hydrogen (secondary N) is 1. The molecule has 1 aromatic carbocycles. The molecule has 2 atom stereocenters. The van der Waals surface area contributed by atoms with Crippen molar-refractivity contribution in [3.8, 4) is 0 Å². The van der Waals surface area contributed by atoms with Crippen molar-refractivity contribution in [1.29, 1.82) is 0 Å². The Labute approximate surface area is 123 Å². The van der Waals surface area contributed by atoms with Gasteiger partial charge in [-0.2, -0.15) is 0 Å². The third-order valence-electron chi connectivity index (χ3n) is 3.75. The van der Waals surface area contributed by atoms with Crippen LogP contribution in [0.3, 0.4) is 0 Å². The smallest absolute Gasteiger partial charge is 0.0765 e. The summed E-state index contributed by atoms with van der Waals surface area (Å²) in [5, 5.41) is 13.6. The van der Waals surface area contributed by atoms with E-state index in [0.29, 0.717) is 31.4 Å². The van der Waals surface area contributed by atoms with Crippen molar-refractivity contribution in [3.05, 3.63) is 35.9 Å². The van der Waals surface area contributed by atoms with E-state index in [9.17, 15) is 5.11 Å². The van der Waals surface area contributed by atoms with Crippen LogP contribution >= 0.6 is 0 Å². The van der Waals surface area contributed by atoms with E-state index < -0.39 is 5.60 Å². The van der Waals surface area contributed by atoms with E-state index in [2.05, 4.69) is 43.4 Å². The largest absolute Gasteiger partial charge is 0.389 e. The van der Waals surface area contributed by atoms with E-state index in [4.69, 9.17) is 4.74 Å². The molecule has 3 nitrogen and oxygen atoms in total. The summed E-state index contributed by atoms with van der Waals surface area (Å²) in [7, 11) is 1.66. The number of aliphatic hydroxyl groups is 1. The summed E-state index contributed by atoms with van der Waals surface area (Å²) in [6.45, 7) is 8.38. The molecular formula is C17H29NO2. The number of methoxy groups -OCH3 is 1. The maximum atomic E-state index is 10.2. The standard InChI is InChI=1S/C17H29NO2/c1-14(2)16(15-8-6-5-7-9-15)12-18-13-17(3,19)10-11-20-4/h5-9,14,16,18-19H,10-13H2,1-4H3. The Morgan fingerprint density at radius 1 is 1.25 bits per heavy atom. The van der Waals surface area contributed by atoms with E-state index in [1.54, 1.807) is 7.11 Å². The Morgan fingerprint density at radius 2 is 1.90 bits per heavy atom. The van der Waals surface area contributed by atoms with Crippen LogP contribution in [0.4, 0.5) is 0 Å². The number of benzene rings is 1. The maximum Gasteiger partial charge on any atom is 0.0765 e. The van der Waals surface area contributed by atoms with Gasteiger partial charge in [-0.3, -0.25) is 0 Å². The van der Waals surface area contributed by atoms with Crippen LogP contribution in [-0.2, 0) is 4.74 Å². The number of ether oxygens (including phenoxy) is 1. The van der Waals surface area contributed by atoms with Crippen molar-refractivity contribution in [2.45, 2.75) is 38.7 Å². The minimum Gasteiger partial charge on any atom is -0.389 e. The topological polar surface area (TPSA) is 41.5 Å². The molecule has 2 N–H and O–H groups in total. The van der Waals surface area contributed by atoms with Crippen molar-refractivity contribution in [1.82, 2.24) is 5.32 Å². The Bertz CT molecular complexity index is 363. The maximum absolute atomic E-state index is 10.2. The molecular weight excluding hydrogens is 250 g/mol. The second-order valence-corrected chi connectivity index (χ2v) is 6.13. The zero-order valence-corrected chi connectivity index (χ0v) is 13.2. The molecule has 0 aliphatic heterocycles. The highest BCUT2D eigenvalue weighted by molar-refractivity contribution is 5.20. The summed E-state index contributed by atoms with van der Waals surface area (Å²) in [5.74, 6) is 1.03. The second-order valence-electron chi connectivity index (χ2n) is 6.13. The SMILES string of the molecule is COCCC(C)(O)CNCC(c1ccccc1)C(C)C. The Hall–Kier alpha value is -0.900. The number of hydrogen-bond donors (Lipinski definition) is 2. The van der Waals surface area contributed by atoms with Gasteiger partial charge < -0.3 is 15.2 Å². The summed E-state index contributed by atoms with van der Waals surface area (Å²) >= 11 is 0. The first kappa shape index (κ1) is 17.2. The van der Waals surface area contributed by atoms with Crippen molar-refractivity contribution in [2.24, 2.45) is 5.92 Å². The molecule has 0 heterocycles. The van der Waals surface area contributed by atoms with E-state index in [-0.39, 0.29) is 0 Å². The van der Waals surface area contributed by atoms with Crippen LogP contribution < -0.4 is 5.32 Å². The van der Waals surface area contributed by atoms with E-state index in [1.807, 2.05) is 13.0 Å². The molecule has 0 radical (unpaired) electrons. The van der Waals surface area contributed by atoms with Crippen molar-refractivity contribution in [2.75, 3.05) is 26.8 Å². The molecule has 114 valence electrons. The van der Waals surface area contributed by atoms with E-state index in [0.717, 1.165) is 6.54 Å². The average Bonchev–Trinajstić information content (AvgIpc) is 2.42. The van der Waals surface area contributed by atoms with Gasteiger partial charge in [0.1, 0.15) is 0 Å². The minimum absolute atomic E-state index is 0.467. The number of hydrogen-bond acceptors (Lipinski definition) is 3. The average molecular weight is 279 g/mol. The Balaban J connectivity index is 2.48. The lowest BCUT2D eigenvalue weighted by Gasteiger charge is -2.27. The third kappa shape index (κ3) is 6.04. The predicted octanol–water partition coefficient (Wildman–Crippen LogP) is 2.80. The molecule has 1 rings (SSSR count). The van der Waals surface area contributed by atoms with E-state index >= 15 is 0 Å². The normalized spacial score (nSPS) is 16.1. The molecule has 0 aliphatic carbocycles. The summed E-state index contributed by atoms with van der Waals surface area (Å²) in [4.78, 5) is 0. The lowest BCUT2D eigenvalue weighted by Crippen LogP contribution is -2.40. The van der Waals surface area contributed by atoms with Crippen molar-refractivity contribution < 1.29 is 9.84 Å². The molecule has 20 heavy (non-hydrogen) atoms. The van der Waals surface area contributed by atoms with Gasteiger partial charge in [-0.25, -0.2) is 0 Å². The summed E-state index contributed by atoms with van der Waals surface area (Å²) < 4.78 is 5.02. The highest BCUT2D eigenvalue weighted by Crippen LogP contribution is 2.23. The van der Waals surface area contributed by atoms with Gasteiger partial charge in [0.25, 0.3) is 0 Å². The fourth-order valence-electron chi connectivity index (χ4n) is 2.35. The van der Waals surface area contributed by atoms with Gasteiger partial charge in [0, 0.05) is 33.2 Å².